The summed E-state index contributed by atoms with van der Waals surface area (Å²) >= 11 is 6.40. The number of phenols is 1. The number of hydrogen-bond acceptors (Lipinski definition) is 8. The smallest absolute Gasteiger partial charge is 0.339 e. The quantitative estimate of drug-likeness (QED) is 0.272. The van der Waals surface area contributed by atoms with Crippen molar-refractivity contribution in [2.24, 2.45) is 0 Å². The number of methoxy groups -OCH3 is 1. The Hall–Kier alpha value is -4.29. The number of aromatic nitrogens is 1. The van der Waals surface area contributed by atoms with Crippen molar-refractivity contribution < 1.29 is 33.7 Å². The molecule has 3 aromatic rings. The zero-order chi connectivity index (χ0) is 27.4. The van der Waals surface area contributed by atoms with Gasteiger partial charge in [-0.1, -0.05) is 30.0 Å². The molecule has 2 heterocycles. The fourth-order valence-corrected chi connectivity index (χ4v) is 4.87. The average molecular weight is 554 g/mol. The molecule has 9 nitrogen and oxygen atoms in total. The Morgan fingerprint density at radius 2 is 2.00 bits per heavy atom. The summed E-state index contributed by atoms with van der Waals surface area (Å²) in [5, 5.41) is 21.3. The number of pyridine rings is 1. The second-order valence-corrected chi connectivity index (χ2v) is 9.64. The third-order valence-corrected chi connectivity index (χ3v) is 6.82. The van der Waals surface area contributed by atoms with E-state index in [0.29, 0.717) is 21.9 Å². The highest BCUT2D eigenvalue weighted by Gasteiger charge is 2.32. The van der Waals surface area contributed by atoms with E-state index in [-0.39, 0.29) is 40.2 Å². The predicted octanol–water partition coefficient (Wildman–Crippen LogP) is 4.53. The van der Waals surface area contributed by atoms with Gasteiger partial charge in [-0.05, 0) is 48.5 Å². The number of carbonyl (C=O) groups excluding carboxylic acids is 2. The van der Waals surface area contributed by atoms with E-state index in [1.807, 2.05) is 0 Å². The molecule has 0 bridgehead atoms. The molecule has 2 aromatic carbocycles. The number of nitrogens with one attached hydrogen (secondary N) is 1. The van der Waals surface area contributed by atoms with E-state index in [1.54, 1.807) is 30.3 Å². The third kappa shape index (κ3) is 5.98. The SMILES string of the molecule is COc1ccc(-c2cccc(C=C3SC(=S)N(CCC(=O)Nc4ccc(C(=O)O)c(O)c4)C3=O)n2)cc1F. The van der Waals surface area contributed by atoms with Crippen molar-refractivity contribution in [1.82, 2.24) is 9.88 Å². The summed E-state index contributed by atoms with van der Waals surface area (Å²) in [6.07, 6.45) is 1.49. The number of thiocarbonyl (C=S) groups is 1. The molecule has 194 valence electrons. The summed E-state index contributed by atoms with van der Waals surface area (Å²) in [6, 6.07) is 13.3. The number of carboxylic acids is 1. The number of ether oxygens (including phenoxy) is 1. The summed E-state index contributed by atoms with van der Waals surface area (Å²) in [5.74, 6) is -3.00. The van der Waals surface area contributed by atoms with E-state index in [9.17, 15) is 23.9 Å². The number of carboxylic acid groups (broad SMARTS) is 1. The Balaban J connectivity index is 1.41. The first-order valence-corrected chi connectivity index (χ1v) is 12.3. The molecule has 1 saturated heterocycles. The van der Waals surface area contributed by atoms with Crippen LogP contribution in [0.15, 0.2) is 59.5 Å². The van der Waals surface area contributed by atoms with Gasteiger partial charge in [0.1, 0.15) is 15.6 Å². The Kier molecular flexibility index (Phi) is 8.03. The highest BCUT2D eigenvalue weighted by molar-refractivity contribution is 8.26. The van der Waals surface area contributed by atoms with Gasteiger partial charge < -0.3 is 20.3 Å². The molecule has 1 aromatic heterocycles. The molecule has 12 heteroatoms. The molecule has 3 N–H and O–H groups in total. The maximum Gasteiger partial charge on any atom is 0.339 e. The number of rotatable bonds is 8. The predicted molar refractivity (Wildman–Crippen MR) is 144 cm³/mol. The van der Waals surface area contributed by atoms with Gasteiger partial charge in [0.15, 0.2) is 11.6 Å². The molecule has 0 unspecified atom stereocenters. The maximum atomic E-state index is 14.1. The lowest BCUT2D eigenvalue weighted by Gasteiger charge is -2.14. The number of aromatic hydroxyl groups is 1. The minimum Gasteiger partial charge on any atom is -0.507 e. The van der Waals surface area contributed by atoms with Crippen LogP contribution in [0, 0.1) is 5.82 Å². The van der Waals surface area contributed by atoms with Gasteiger partial charge in [-0.25, -0.2) is 14.2 Å². The molecule has 0 atom stereocenters. The number of benzene rings is 2. The molecule has 1 aliphatic rings. The van der Waals surface area contributed by atoms with E-state index >= 15 is 0 Å². The Labute approximate surface area is 225 Å². The van der Waals surface area contributed by atoms with Gasteiger partial charge in [0.2, 0.25) is 5.91 Å². The van der Waals surface area contributed by atoms with Gasteiger partial charge in [-0.3, -0.25) is 14.5 Å². The van der Waals surface area contributed by atoms with Crippen LogP contribution in [0.3, 0.4) is 0 Å². The van der Waals surface area contributed by atoms with Crippen molar-refractivity contribution in [3.05, 3.63) is 76.6 Å². The molecule has 2 amide bonds. The van der Waals surface area contributed by atoms with Crippen molar-refractivity contribution in [1.29, 1.82) is 0 Å². The summed E-state index contributed by atoms with van der Waals surface area (Å²) in [6.45, 7) is 0.0195. The lowest BCUT2D eigenvalue weighted by atomic mass is 10.1. The van der Waals surface area contributed by atoms with E-state index in [1.165, 1.54) is 36.3 Å². The summed E-state index contributed by atoms with van der Waals surface area (Å²) < 4.78 is 19.4. The fourth-order valence-electron chi connectivity index (χ4n) is 3.57. The zero-order valence-corrected chi connectivity index (χ0v) is 21.4. The lowest BCUT2D eigenvalue weighted by Crippen LogP contribution is -2.31. The maximum absolute atomic E-state index is 14.1. The Morgan fingerprint density at radius 3 is 2.68 bits per heavy atom. The number of halogens is 1. The van der Waals surface area contributed by atoms with E-state index in [0.717, 1.165) is 17.8 Å². The van der Waals surface area contributed by atoms with E-state index in [4.69, 9.17) is 22.1 Å². The number of carbonyl (C=O) groups is 3. The second-order valence-electron chi connectivity index (χ2n) is 7.97. The number of nitrogens with zero attached hydrogens (tertiary/aromatic N) is 2. The van der Waals surface area contributed by atoms with E-state index < -0.39 is 23.4 Å². The first-order valence-electron chi connectivity index (χ1n) is 11.1. The minimum atomic E-state index is -1.29. The molecule has 38 heavy (non-hydrogen) atoms. The topological polar surface area (TPSA) is 129 Å². The Morgan fingerprint density at radius 1 is 1.21 bits per heavy atom. The van der Waals surface area contributed by atoms with Gasteiger partial charge in [0, 0.05) is 30.3 Å². The average Bonchev–Trinajstić information content (AvgIpc) is 3.14. The van der Waals surface area contributed by atoms with E-state index in [2.05, 4.69) is 10.3 Å². The van der Waals surface area contributed by atoms with Crippen LogP contribution < -0.4 is 10.1 Å². The summed E-state index contributed by atoms with van der Waals surface area (Å²) in [5.41, 5.74) is 1.45. The van der Waals surface area contributed by atoms with Crippen molar-refractivity contribution in [2.75, 3.05) is 19.0 Å². The first kappa shape index (κ1) is 26.8. The monoisotopic (exact) mass is 553 g/mol. The molecule has 4 rings (SSSR count). The van der Waals surface area contributed by atoms with Gasteiger partial charge in [-0.15, -0.1) is 0 Å². The van der Waals surface area contributed by atoms with Crippen LogP contribution in [0.4, 0.5) is 10.1 Å². The number of thioether (sulfide) groups is 1. The third-order valence-electron chi connectivity index (χ3n) is 5.45. The van der Waals surface area contributed by atoms with Gasteiger partial charge in [0.05, 0.1) is 23.4 Å². The Bertz CT molecular complexity index is 1490. The van der Waals surface area contributed by atoms with Crippen LogP contribution in [-0.2, 0) is 9.59 Å². The molecule has 0 aliphatic carbocycles. The van der Waals surface area contributed by atoms with Crippen molar-refractivity contribution in [3.63, 3.8) is 0 Å². The number of hydrogen-bond donors (Lipinski definition) is 3. The van der Waals surface area contributed by atoms with Crippen LogP contribution >= 0.6 is 24.0 Å². The summed E-state index contributed by atoms with van der Waals surface area (Å²) in [4.78, 5) is 42.4. The minimum absolute atomic E-state index is 0.0195. The van der Waals surface area contributed by atoms with Crippen molar-refractivity contribution in [3.8, 4) is 22.8 Å². The van der Waals surface area contributed by atoms with Gasteiger partial charge in [0.25, 0.3) is 5.91 Å². The summed E-state index contributed by atoms with van der Waals surface area (Å²) in [7, 11) is 1.38. The van der Waals surface area contributed by atoms with Crippen LogP contribution in [0.1, 0.15) is 22.5 Å². The molecule has 0 radical (unpaired) electrons. The molecule has 1 fully saturated rings. The first-order chi connectivity index (χ1) is 18.2. The van der Waals surface area contributed by atoms with Crippen LogP contribution in [-0.4, -0.2) is 55.9 Å². The second kappa shape index (κ2) is 11.4. The molecule has 1 aliphatic heterocycles. The van der Waals surface area contributed by atoms with Crippen LogP contribution in [0.25, 0.3) is 17.3 Å². The normalized spacial score (nSPS) is 14.2. The zero-order valence-electron chi connectivity index (χ0n) is 19.8. The van der Waals surface area contributed by atoms with Crippen molar-refractivity contribution >= 4 is 57.8 Å². The largest absolute Gasteiger partial charge is 0.507 e. The van der Waals surface area contributed by atoms with Gasteiger partial charge >= 0.3 is 5.97 Å². The number of anilines is 1. The standard InChI is InChI=1S/C26H20FN3O6S2/c1-36-21-8-5-14(11-18(21)27)19-4-2-3-15(28-19)13-22-24(33)30(26(37)38-22)10-9-23(32)29-16-6-7-17(25(34)35)20(31)12-16/h2-8,11-13,31H,9-10H2,1H3,(H,29,32)(H,34,35). The molecule has 0 saturated carbocycles. The molecular weight excluding hydrogens is 533 g/mol. The van der Waals surface area contributed by atoms with Gasteiger partial charge in [-0.2, -0.15) is 0 Å². The molecule has 0 spiro atoms. The van der Waals surface area contributed by atoms with Crippen LogP contribution in [0.2, 0.25) is 0 Å². The van der Waals surface area contributed by atoms with Crippen LogP contribution in [0.5, 0.6) is 11.5 Å². The number of amides is 2. The lowest BCUT2D eigenvalue weighted by molar-refractivity contribution is -0.122. The highest BCUT2D eigenvalue weighted by atomic mass is 32.2. The van der Waals surface area contributed by atoms with Crippen molar-refractivity contribution in [2.45, 2.75) is 6.42 Å². The highest BCUT2D eigenvalue weighted by Crippen LogP contribution is 2.33. The number of aromatic carboxylic acids is 1. The fraction of sp³-hybridized carbons (Fsp3) is 0.115. The molecular formula is C26H20FN3O6S2.